The van der Waals surface area contributed by atoms with Crippen LogP contribution in [0.1, 0.15) is 5.56 Å². The Balaban J connectivity index is 1.88. The zero-order chi connectivity index (χ0) is 12.3. The average molecular weight is 254 g/mol. The van der Waals surface area contributed by atoms with Crippen LogP contribution in [0.15, 0.2) is 18.2 Å². The number of carbonyl (C=O) groups is 1. The zero-order valence-corrected chi connectivity index (χ0v) is 10.5. The third-order valence-corrected chi connectivity index (χ3v) is 3.17. The molecule has 0 unspecified atom stereocenters. The van der Waals surface area contributed by atoms with E-state index in [1.54, 1.807) is 4.90 Å². The molecule has 0 spiro atoms. The van der Waals surface area contributed by atoms with Crippen molar-refractivity contribution in [2.24, 2.45) is 0 Å². The number of hydrogen-bond donors (Lipinski definition) is 2. The van der Waals surface area contributed by atoms with Gasteiger partial charge in [0.2, 0.25) is 0 Å². The van der Waals surface area contributed by atoms with Crippen LogP contribution >= 0.6 is 11.6 Å². The number of benzene rings is 1. The number of anilines is 1. The molecule has 1 aliphatic heterocycles. The number of urea groups is 1. The van der Waals surface area contributed by atoms with Crippen LogP contribution in [0.5, 0.6) is 0 Å². The summed E-state index contributed by atoms with van der Waals surface area (Å²) in [7, 11) is 0. The second kappa shape index (κ2) is 5.27. The summed E-state index contributed by atoms with van der Waals surface area (Å²) in [5.74, 6) is 0. The molecule has 0 radical (unpaired) electrons. The Morgan fingerprint density at radius 3 is 3.00 bits per heavy atom. The fourth-order valence-electron chi connectivity index (χ4n) is 1.90. The highest BCUT2D eigenvalue weighted by molar-refractivity contribution is 6.33. The zero-order valence-electron chi connectivity index (χ0n) is 9.79. The van der Waals surface area contributed by atoms with Crippen LogP contribution < -0.4 is 10.6 Å². The Labute approximate surface area is 106 Å². The van der Waals surface area contributed by atoms with E-state index in [1.165, 1.54) is 0 Å². The van der Waals surface area contributed by atoms with Gasteiger partial charge in [-0.05, 0) is 18.6 Å². The molecular weight excluding hydrogens is 238 g/mol. The maximum atomic E-state index is 11.3. The van der Waals surface area contributed by atoms with Crippen LogP contribution in [0.2, 0.25) is 5.02 Å². The molecule has 0 atom stereocenters. The number of carbonyl (C=O) groups excluding carboxylic acids is 1. The molecule has 2 rings (SSSR count). The minimum Gasteiger partial charge on any atom is -0.382 e. The quantitative estimate of drug-likeness (QED) is 0.863. The number of halogens is 1. The number of rotatable bonds is 4. The van der Waals surface area contributed by atoms with Gasteiger partial charge in [0.25, 0.3) is 0 Å². The summed E-state index contributed by atoms with van der Waals surface area (Å²) in [6.07, 6.45) is 0. The molecule has 0 aromatic heterocycles. The monoisotopic (exact) mass is 253 g/mol. The largest absolute Gasteiger partial charge is 0.382 e. The van der Waals surface area contributed by atoms with Crippen molar-refractivity contribution in [3.05, 3.63) is 28.8 Å². The van der Waals surface area contributed by atoms with Gasteiger partial charge < -0.3 is 15.5 Å². The fraction of sp³-hybridized carbons (Fsp3) is 0.417. The second-order valence-corrected chi connectivity index (χ2v) is 4.48. The Bertz CT molecular complexity index is 402. The lowest BCUT2D eigenvalue weighted by Gasteiger charge is -2.16. The lowest BCUT2D eigenvalue weighted by Crippen LogP contribution is -2.32. The molecule has 2 N–H and O–H groups in total. The molecule has 0 saturated carbocycles. The Hall–Kier alpha value is -1.42. The molecule has 1 aromatic rings. The van der Waals surface area contributed by atoms with Crippen molar-refractivity contribution in [2.75, 3.05) is 31.5 Å². The van der Waals surface area contributed by atoms with E-state index in [2.05, 4.69) is 10.6 Å². The lowest BCUT2D eigenvalue weighted by atomic mass is 10.2. The first-order valence-corrected chi connectivity index (χ1v) is 6.08. The third kappa shape index (κ3) is 2.82. The number of amides is 2. The molecule has 0 bridgehead atoms. The van der Waals surface area contributed by atoms with E-state index in [1.807, 2.05) is 25.1 Å². The highest BCUT2D eigenvalue weighted by Gasteiger charge is 2.18. The summed E-state index contributed by atoms with van der Waals surface area (Å²) in [5.41, 5.74) is 2.07. The van der Waals surface area contributed by atoms with Crippen LogP contribution in [0.3, 0.4) is 0 Å². The molecule has 1 saturated heterocycles. The summed E-state index contributed by atoms with van der Waals surface area (Å²) in [6.45, 7) is 4.93. The highest BCUT2D eigenvalue weighted by atomic mass is 35.5. The summed E-state index contributed by atoms with van der Waals surface area (Å²) >= 11 is 6.10. The van der Waals surface area contributed by atoms with Crippen molar-refractivity contribution in [3.8, 4) is 0 Å². The average Bonchev–Trinajstić information content (AvgIpc) is 2.69. The Kier molecular flexibility index (Phi) is 3.74. The van der Waals surface area contributed by atoms with E-state index in [9.17, 15) is 4.79 Å². The topological polar surface area (TPSA) is 44.4 Å². The van der Waals surface area contributed by atoms with E-state index < -0.39 is 0 Å². The van der Waals surface area contributed by atoms with E-state index in [-0.39, 0.29) is 6.03 Å². The molecular formula is C12H16ClN3O. The predicted octanol–water partition coefficient (Wildman–Crippen LogP) is 2.09. The van der Waals surface area contributed by atoms with Gasteiger partial charge >= 0.3 is 6.03 Å². The van der Waals surface area contributed by atoms with E-state index >= 15 is 0 Å². The van der Waals surface area contributed by atoms with Crippen LogP contribution in [-0.2, 0) is 0 Å². The molecule has 1 aliphatic rings. The van der Waals surface area contributed by atoms with Gasteiger partial charge in [-0.25, -0.2) is 4.79 Å². The molecule has 92 valence electrons. The molecule has 4 nitrogen and oxygen atoms in total. The first-order chi connectivity index (χ1) is 8.18. The van der Waals surface area contributed by atoms with Gasteiger partial charge in [0.15, 0.2) is 0 Å². The van der Waals surface area contributed by atoms with Crippen LogP contribution in [0.25, 0.3) is 0 Å². The summed E-state index contributed by atoms with van der Waals surface area (Å²) in [6, 6.07) is 5.81. The van der Waals surface area contributed by atoms with E-state index in [0.717, 1.165) is 29.4 Å². The molecule has 1 aromatic carbocycles. The van der Waals surface area contributed by atoms with Crippen LogP contribution in [0.4, 0.5) is 10.5 Å². The second-order valence-electron chi connectivity index (χ2n) is 4.08. The van der Waals surface area contributed by atoms with Gasteiger partial charge in [-0.2, -0.15) is 0 Å². The summed E-state index contributed by atoms with van der Waals surface area (Å²) in [5, 5.41) is 6.77. The molecule has 2 amide bonds. The van der Waals surface area contributed by atoms with Gasteiger partial charge in [0.1, 0.15) is 0 Å². The lowest BCUT2D eigenvalue weighted by molar-refractivity contribution is 0.219. The molecule has 5 heteroatoms. The van der Waals surface area contributed by atoms with Gasteiger partial charge in [-0.15, -0.1) is 0 Å². The Morgan fingerprint density at radius 2 is 2.35 bits per heavy atom. The first kappa shape index (κ1) is 12.0. The van der Waals surface area contributed by atoms with Gasteiger partial charge in [0, 0.05) is 26.2 Å². The van der Waals surface area contributed by atoms with E-state index in [0.29, 0.717) is 13.1 Å². The smallest absolute Gasteiger partial charge is 0.317 e. The highest BCUT2D eigenvalue weighted by Crippen LogP contribution is 2.24. The normalized spacial score (nSPS) is 14.9. The Morgan fingerprint density at radius 1 is 1.53 bits per heavy atom. The van der Waals surface area contributed by atoms with E-state index in [4.69, 9.17) is 11.6 Å². The van der Waals surface area contributed by atoms with Crippen molar-refractivity contribution in [3.63, 3.8) is 0 Å². The van der Waals surface area contributed by atoms with Crippen molar-refractivity contribution >= 4 is 23.3 Å². The van der Waals surface area contributed by atoms with Gasteiger partial charge in [-0.1, -0.05) is 23.7 Å². The van der Waals surface area contributed by atoms with Gasteiger partial charge in [0.05, 0.1) is 10.7 Å². The number of aryl methyl sites for hydroxylation is 1. The summed E-state index contributed by atoms with van der Waals surface area (Å²) in [4.78, 5) is 13.1. The fourth-order valence-corrected chi connectivity index (χ4v) is 2.18. The SMILES string of the molecule is Cc1cccc(Cl)c1NCCN1CCNC1=O. The molecule has 1 fully saturated rings. The minimum atomic E-state index is 0.0164. The number of hydrogen-bond acceptors (Lipinski definition) is 2. The van der Waals surface area contributed by atoms with Crippen molar-refractivity contribution in [2.45, 2.75) is 6.92 Å². The van der Waals surface area contributed by atoms with Crippen molar-refractivity contribution in [1.82, 2.24) is 10.2 Å². The maximum Gasteiger partial charge on any atom is 0.317 e. The summed E-state index contributed by atoms with van der Waals surface area (Å²) < 4.78 is 0. The maximum absolute atomic E-state index is 11.3. The van der Waals surface area contributed by atoms with Crippen LogP contribution in [0, 0.1) is 6.92 Å². The number of para-hydroxylation sites is 1. The van der Waals surface area contributed by atoms with Gasteiger partial charge in [-0.3, -0.25) is 0 Å². The molecule has 1 heterocycles. The number of nitrogens with one attached hydrogen (secondary N) is 2. The molecule has 17 heavy (non-hydrogen) atoms. The van der Waals surface area contributed by atoms with Crippen molar-refractivity contribution in [1.29, 1.82) is 0 Å². The molecule has 0 aliphatic carbocycles. The third-order valence-electron chi connectivity index (χ3n) is 2.85. The minimum absolute atomic E-state index is 0.0164. The van der Waals surface area contributed by atoms with Crippen LogP contribution in [-0.4, -0.2) is 37.1 Å². The standard InChI is InChI=1S/C12H16ClN3O/c1-9-3-2-4-10(13)11(9)14-5-7-16-8-6-15-12(16)17/h2-4,14H,5-8H2,1H3,(H,15,17). The van der Waals surface area contributed by atoms with Crippen molar-refractivity contribution < 1.29 is 4.79 Å². The number of nitrogens with zero attached hydrogens (tertiary/aromatic N) is 1. The first-order valence-electron chi connectivity index (χ1n) is 5.70. The predicted molar refractivity (Wildman–Crippen MR) is 69.7 cm³/mol.